The van der Waals surface area contributed by atoms with Gasteiger partial charge in [-0.15, -0.1) is 0 Å². The summed E-state index contributed by atoms with van der Waals surface area (Å²) in [5, 5.41) is 17.7. The van der Waals surface area contributed by atoms with Crippen LogP contribution in [0.2, 0.25) is 0 Å². The Hall–Kier alpha value is -5.32. The number of nitrogens with zero attached hydrogens (tertiary/aromatic N) is 1. The van der Waals surface area contributed by atoms with E-state index in [0.29, 0.717) is 24.8 Å². The predicted octanol–water partition coefficient (Wildman–Crippen LogP) is 2.86. The van der Waals surface area contributed by atoms with Gasteiger partial charge in [-0.3, -0.25) is 24.0 Å². The number of amides is 4. The first kappa shape index (κ1) is 36.5. The average molecular weight is 669 g/mol. The highest BCUT2D eigenvalue weighted by Gasteiger charge is 2.40. The lowest BCUT2D eigenvalue weighted by Gasteiger charge is -2.30. The van der Waals surface area contributed by atoms with Gasteiger partial charge < -0.3 is 26.0 Å². The number of aliphatic carboxylic acids is 1. The molecule has 1 aliphatic heterocycles. The van der Waals surface area contributed by atoms with Gasteiger partial charge in [-0.2, -0.15) is 0 Å². The molecule has 1 fully saturated rings. The Bertz CT molecular complexity index is 1600. The molecule has 0 aliphatic carbocycles. The van der Waals surface area contributed by atoms with E-state index in [9.17, 15) is 33.9 Å². The van der Waals surface area contributed by atoms with E-state index in [-0.39, 0.29) is 31.7 Å². The van der Waals surface area contributed by atoms with Crippen LogP contribution in [0.5, 0.6) is 0 Å². The van der Waals surface area contributed by atoms with Gasteiger partial charge in [0.1, 0.15) is 24.2 Å². The van der Waals surface area contributed by atoms with Gasteiger partial charge in [0.05, 0.1) is 6.42 Å². The molecule has 3 aromatic carbocycles. The van der Waals surface area contributed by atoms with Crippen LogP contribution in [-0.4, -0.2) is 76.1 Å². The topological polar surface area (TPSA) is 162 Å². The van der Waals surface area contributed by atoms with E-state index in [4.69, 9.17) is 0 Å². The number of hydrogen-bond acceptors (Lipinski definition) is 6. The number of likely N-dealkylation sites (tertiary alicyclic amines) is 1. The molecule has 4 amide bonds. The molecule has 0 saturated carbocycles. The van der Waals surface area contributed by atoms with Gasteiger partial charge in [-0.1, -0.05) is 111 Å². The molecule has 0 radical (unpaired) electrons. The van der Waals surface area contributed by atoms with Gasteiger partial charge in [-0.25, -0.2) is 4.79 Å². The second-order valence-corrected chi connectivity index (χ2v) is 12.5. The fourth-order valence-electron chi connectivity index (χ4n) is 5.94. The summed E-state index contributed by atoms with van der Waals surface area (Å²) < 4.78 is 0. The highest BCUT2D eigenvalue weighted by atomic mass is 16.4. The van der Waals surface area contributed by atoms with E-state index in [2.05, 4.69) is 16.0 Å². The number of ketones is 1. The lowest BCUT2D eigenvalue weighted by Crippen LogP contribution is -2.58. The van der Waals surface area contributed by atoms with Crippen LogP contribution in [0.15, 0.2) is 91.0 Å². The van der Waals surface area contributed by atoms with Crippen LogP contribution in [0.4, 0.5) is 0 Å². The van der Waals surface area contributed by atoms with Crippen LogP contribution in [0.25, 0.3) is 0 Å². The number of carbonyl (C=O) groups excluding carboxylic acids is 5. The molecule has 11 nitrogen and oxygen atoms in total. The van der Waals surface area contributed by atoms with E-state index in [1.165, 1.54) is 4.90 Å². The van der Waals surface area contributed by atoms with Gasteiger partial charge in [0.15, 0.2) is 0 Å². The van der Waals surface area contributed by atoms with Crippen molar-refractivity contribution in [1.82, 2.24) is 20.9 Å². The number of Topliss-reactive ketones (excluding diaryl/α,β-unsaturated/α-hetero) is 1. The van der Waals surface area contributed by atoms with Gasteiger partial charge in [0.2, 0.25) is 23.5 Å². The Morgan fingerprint density at radius 2 is 1.29 bits per heavy atom. The van der Waals surface area contributed by atoms with Crippen molar-refractivity contribution in [2.24, 2.45) is 5.92 Å². The van der Waals surface area contributed by atoms with E-state index >= 15 is 0 Å². The molecule has 1 saturated heterocycles. The van der Waals surface area contributed by atoms with Crippen molar-refractivity contribution in [3.63, 3.8) is 0 Å². The standard InChI is InChI=1S/C38H44N4O7/c1-3-25(2)33(37(47)42-21-13-20-31(42)38(48)49)41-36(46)34(44)29(22-26-14-7-4-8-15-26)40-35(45)30(23-27-16-9-5-10-17-27)39-32(43)24-28-18-11-6-12-19-28/h4-12,14-19,25,29-31,33H,3,13,20-24H2,1-2H3,(H,39,43)(H,40,45)(H,41,46)(H,48,49)/t25?,29?,30?,31-,33?/m0/s1. The zero-order valence-electron chi connectivity index (χ0n) is 27.8. The maximum absolute atomic E-state index is 13.9. The molecular formula is C38H44N4O7. The summed E-state index contributed by atoms with van der Waals surface area (Å²) in [6.45, 7) is 3.81. The second-order valence-electron chi connectivity index (χ2n) is 12.5. The Morgan fingerprint density at radius 3 is 1.82 bits per heavy atom. The summed E-state index contributed by atoms with van der Waals surface area (Å²) >= 11 is 0. The lowest BCUT2D eigenvalue weighted by atomic mass is 9.96. The minimum atomic E-state index is -1.33. The lowest BCUT2D eigenvalue weighted by molar-refractivity contribution is -0.150. The number of carbonyl (C=O) groups is 6. The molecular weight excluding hydrogens is 624 g/mol. The predicted molar refractivity (Wildman–Crippen MR) is 183 cm³/mol. The first-order valence-corrected chi connectivity index (χ1v) is 16.7. The van der Waals surface area contributed by atoms with E-state index < -0.39 is 59.6 Å². The minimum Gasteiger partial charge on any atom is -0.480 e. The molecule has 258 valence electrons. The Labute approximate surface area is 286 Å². The largest absolute Gasteiger partial charge is 0.480 e. The summed E-state index contributed by atoms with van der Waals surface area (Å²) in [5.74, 6) is -5.17. The van der Waals surface area contributed by atoms with Crippen molar-refractivity contribution < 1.29 is 33.9 Å². The quantitative estimate of drug-likeness (QED) is 0.171. The monoisotopic (exact) mass is 668 g/mol. The summed E-state index contributed by atoms with van der Waals surface area (Å²) in [7, 11) is 0. The van der Waals surface area contributed by atoms with Crippen LogP contribution in [0.3, 0.4) is 0 Å². The van der Waals surface area contributed by atoms with E-state index in [1.54, 1.807) is 37.3 Å². The van der Waals surface area contributed by atoms with Crippen molar-refractivity contribution in [2.75, 3.05) is 6.54 Å². The molecule has 0 spiro atoms. The van der Waals surface area contributed by atoms with Crippen molar-refractivity contribution >= 4 is 35.4 Å². The highest BCUT2D eigenvalue weighted by molar-refractivity contribution is 6.39. The summed E-state index contributed by atoms with van der Waals surface area (Å²) in [5.41, 5.74) is 2.22. The van der Waals surface area contributed by atoms with Crippen molar-refractivity contribution in [1.29, 1.82) is 0 Å². The smallest absolute Gasteiger partial charge is 0.326 e. The number of rotatable bonds is 16. The third kappa shape index (κ3) is 10.3. The Balaban J connectivity index is 1.56. The SMILES string of the molecule is CCC(C)C(NC(=O)C(=O)C(Cc1ccccc1)NC(=O)C(Cc1ccccc1)NC(=O)Cc1ccccc1)C(=O)N1CCC[C@H]1C(=O)O. The number of carboxylic acids is 1. The van der Waals surface area contributed by atoms with Crippen LogP contribution in [-0.2, 0) is 48.0 Å². The van der Waals surface area contributed by atoms with Crippen LogP contribution >= 0.6 is 0 Å². The molecule has 11 heteroatoms. The normalized spacial score (nSPS) is 16.4. The maximum atomic E-state index is 13.9. The molecule has 4 N–H and O–H groups in total. The summed E-state index contributed by atoms with van der Waals surface area (Å²) in [4.78, 5) is 81.1. The summed E-state index contributed by atoms with van der Waals surface area (Å²) in [6.07, 6.45) is 1.45. The van der Waals surface area contributed by atoms with Crippen LogP contribution < -0.4 is 16.0 Å². The van der Waals surface area contributed by atoms with Crippen LogP contribution in [0.1, 0.15) is 49.8 Å². The Kier molecular flexibility index (Phi) is 13.2. The van der Waals surface area contributed by atoms with Crippen molar-refractivity contribution in [3.8, 4) is 0 Å². The third-order valence-corrected chi connectivity index (χ3v) is 8.87. The van der Waals surface area contributed by atoms with Gasteiger partial charge in [0, 0.05) is 19.4 Å². The van der Waals surface area contributed by atoms with Crippen LogP contribution in [0, 0.1) is 5.92 Å². The third-order valence-electron chi connectivity index (χ3n) is 8.87. The maximum Gasteiger partial charge on any atom is 0.326 e. The molecule has 49 heavy (non-hydrogen) atoms. The molecule has 1 heterocycles. The number of nitrogens with one attached hydrogen (secondary N) is 3. The molecule has 3 aromatic rings. The van der Waals surface area contributed by atoms with Gasteiger partial charge >= 0.3 is 5.97 Å². The first-order chi connectivity index (χ1) is 23.6. The van der Waals surface area contributed by atoms with E-state index in [1.807, 2.05) is 67.6 Å². The van der Waals surface area contributed by atoms with Gasteiger partial charge in [-0.05, 0) is 35.4 Å². The minimum absolute atomic E-state index is 0.0238. The Morgan fingerprint density at radius 1 is 0.755 bits per heavy atom. The molecule has 1 aliphatic rings. The zero-order valence-corrected chi connectivity index (χ0v) is 27.8. The van der Waals surface area contributed by atoms with Crippen molar-refractivity contribution in [3.05, 3.63) is 108 Å². The molecule has 4 unspecified atom stereocenters. The van der Waals surface area contributed by atoms with Gasteiger partial charge in [0.25, 0.3) is 5.91 Å². The fraction of sp³-hybridized carbons (Fsp3) is 0.368. The number of benzene rings is 3. The number of carboxylic acid groups (broad SMARTS) is 1. The molecule has 5 atom stereocenters. The zero-order chi connectivity index (χ0) is 35.3. The number of hydrogen-bond donors (Lipinski definition) is 4. The molecule has 0 bridgehead atoms. The average Bonchev–Trinajstić information content (AvgIpc) is 3.61. The second kappa shape index (κ2) is 17.7. The van der Waals surface area contributed by atoms with E-state index in [0.717, 1.165) is 11.1 Å². The molecule has 0 aromatic heterocycles. The fourth-order valence-corrected chi connectivity index (χ4v) is 5.94. The summed E-state index contributed by atoms with van der Waals surface area (Å²) in [6, 6.07) is 22.5. The molecule has 4 rings (SSSR count). The van der Waals surface area contributed by atoms with Crippen molar-refractivity contribution in [2.45, 2.75) is 76.5 Å². The first-order valence-electron chi connectivity index (χ1n) is 16.7. The highest BCUT2D eigenvalue weighted by Crippen LogP contribution is 2.21.